The predicted octanol–water partition coefficient (Wildman–Crippen LogP) is 2.64. The van der Waals surface area contributed by atoms with Crippen LogP contribution in [0.5, 0.6) is 0 Å². The van der Waals surface area contributed by atoms with Crippen LogP contribution in [0.4, 0.5) is 0 Å². The highest BCUT2D eigenvalue weighted by molar-refractivity contribution is 5.85. The van der Waals surface area contributed by atoms with Crippen LogP contribution >= 0.6 is 0 Å². The first-order chi connectivity index (χ1) is 7.49. The van der Waals surface area contributed by atoms with Crippen molar-refractivity contribution >= 4 is 11.8 Å². The van der Waals surface area contributed by atoms with Gasteiger partial charge in [0.15, 0.2) is 0 Å². The molecule has 0 spiro atoms. The standard InChI is InChI=1S/C13H20O3/c1-4-5-6-7-11-12(15)8-9-13(11,3)16-10(2)14/h5-6,11H,4,7-9H2,1-3H3/b6-5-. The maximum atomic E-state index is 11.7. The molecule has 2 atom stereocenters. The molecule has 2 unspecified atom stereocenters. The fraction of sp³-hybridized carbons (Fsp3) is 0.692. The van der Waals surface area contributed by atoms with Gasteiger partial charge in [-0.15, -0.1) is 0 Å². The highest BCUT2D eigenvalue weighted by Gasteiger charge is 2.46. The molecule has 3 nitrogen and oxygen atoms in total. The van der Waals surface area contributed by atoms with Crippen LogP contribution in [0.25, 0.3) is 0 Å². The molecule has 0 amide bonds. The van der Waals surface area contributed by atoms with Crippen molar-refractivity contribution in [3.63, 3.8) is 0 Å². The Morgan fingerprint density at radius 2 is 2.25 bits per heavy atom. The third-order valence-electron chi connectivity index (χ3n) is 3.14. The molecule has 0 aromatic heterocycles. The van der Waals surface area contributed by atoms with E-state index < -0.39 is 5.60 Å². The molecule has 1 saturated carbocycles. The Morgan fingerprint density at radius 1 is 1.56 bits per heavy atom. The number of carbonyl (C=O) groups is 2. The molecule has 0 heterocycles. The zero-order chi connectivity index (χ0) is 12.2. The zero-order valence-corrected chi connectivity index (χ0v) is 10.3. The van der Waals surface area contributed by atoms with Gasteiger partial charge >= 0.3 is 5.97 Å². The first-order valence-corrected chi connectivity index (χ1v) is 5.87. The van der Waals surface area contributed by atoms with Crippen LogP contribution in [0.1, 0.15) is 46.5 Å². The topological polar surface area (TPSA) is 43.4 Å². The van der Waals surface area contributed by atoms with Gasteiger partial charge < -0.3 is 4.74 Å². The summed E-state index contributed by atoms with van der Waals surface area (Å²) < 4.78 is 5.32. The Bertz CT molecular complexity index is 306. The fourth-order valence-electron chi connectivity index (χ4n) is 2.29. The summed E-state index contributed by atoms with van der Waals surface area (Å²) in [5, 5.41) is 0. The average molecular weight is 224 g/mol. The minimum atomic E-state index is -0.596. The summed E-state index contributed by atoms with van der Waals surface area (Å²) in [6, 6.07) is 0. The number of Topliss-reactive ketones (excluding diaryl/α,β-unsaturated/α-hetero) is 1. The highest BCUT2D eigenvalue weighted by Crippen LogP contribution is 2.38. The van der Waals surface area contributed by atoms with Crippen LogP contribution in [-0.2, 0) is 14.3 Å². The fourth-order valence-corrected chi connectivity index (χ4v) is 2.29. The second kappa shape index (κ2) is 5.28. The van der Waals surface area contributed by atoms with Crippen molar-refractivity contribution in [2.24, 2.45) is 5.92 Å². The highest BCUT2D eigenvalue weighted by atomic mass is 16.6. The molecule has 0 saturated heterocycles. The summed E-state index contributed by atoms with van der Waals surface area (Å²) >= 11 is 0. The van der Waals surface area contributed by atoms with E-state index in [1.54, 1.807) is 0 Å². The van der Waals surface area contributed by atoms with Crippen molar-refractivity contribution in [1.29, 1.82) is 0 Å². The van der Waals surface area contributed by atoms with Crippen LogP contribution in [0.3, 0.4) is 0 Å². The van der Waals surface area contributed by atoms with Gasteiger partial charge in [-0.05, 0) is 26.2 Å². The summed E-state index contributed by atoms with van der Waals surface area (Å²) in [6.45, 7) is 5.31. The van der Waals surface area contributed by atoms with E-state index in [9.17, 15) is 9.59 Å². The van der Waals surface area contributed by atoms with E-state index in [0.29, 0.717) is 19.3 Å². The molecule has 0 aromatic carbocycles. The van der Waals surface area contributed by atoms with E-state index in [4.69, 9.17) is 4.74 Å². The number of ketones is 1. The number of hydrogen-bond donors (Lipinski definition) is 0. The lowest BCUT2D eigenvalue weighted by Gasteiger charge is -2.29. The summed E-state index contributed by atoms with van der Waals surface area (Å²) in [5.74, 6) is -0.259. The monoisotopic (exact) mass is 224 g/mol. The van der Waals surface area contributed by atoms with Crippen molar-refractivity contribution in [2.75, 3.05) is 0 Å². The molecule has 1 aliphatic carbocycles. The van der Waals surface area contributed by atoms with Gasteiger partial charge in [-0.2, -0.15) is 0 Å². The molecule has 1 rings (SSSR count). The van der Waals surface area contributed by atoms with Crippen LogP contribution in [0.15, 0.2) is 12.2 Å². The Morgan fingerprint density at radius 3 is 2.81 bits per heavy atom. The number of ether oxygens (including phenoxy) is 1. The SMILES string of the molecule is CC/C=C\CC1C(=O)CCC1(C)OC(C)=O. The predicted molar refractivity (Wildman–Crippen MR) is 62.0 cm³/mol. The smallest absolute Gasteiger partial charge is 0.303 e. The Hall–Kier alpha value is -1.12. The van der Waals surface area contributed by atoms with Gasteiger partial charge in [0.2, 0.25) is 0 Å². The minimum absolute atomic E-state index is 0.167. The molecule has 1 fully saturated rings. The number of allylic oxidation sites excluding steroid dienone is 2. The van der Waals surface area contributed by atoms with Crippen molar-refractivity contribution < 1.29 is 14.3 Å². The lowest BCUT2D eigenvalue weighted by Crippen LogP contribution is -2.36. The maximum absolute atomic E-state index is 11.7. The van der Waals surface area contributed by atoms with Gasteiger partial charge in [-0.25, -0.2) is 0 Å². The summed E-state index contributed by atoms with van der Waals surface area (Å²) in [6.07, 6.45) is 6.86. The van der Waals surface area contributed by atoms with Gasteiger partial charge in [0.1, 0.15) is 11.4 Å². The first-order valence-electron chi connectivity index (χ1n) is 5.87. The zero-order valence-electron chi connectivity index (χ0n) is 10.3. The Labute approximate surface area is 96.9 Å². The van der Waals surface area contributed by atoms with Gasteiger partial charge in [0, 0.05) is 13.3 Å². The number of hydrogen-bond acceptors (Lipinski definition) is 3. The van der Waals surface area contributed by atoms with Gasteiger partial charge in [0.05, 0.1) is 5.92 Å². The third-order valence-corrected chi connectivity index (χ3v) is 3.14. The van der Waals surface area contributed by atoms with Crippen molar-refractivity contribution in [3.05, 3.63) is 12.2 Å². The molecule has 16 heavy (non-hydrogen) atoms. The average Bonchev–Trinajstić information content (AvgIpc) is 2.44. The number of rotatable bonds is 4. The largest absolute Gasteiger partial charge is 0.459 e. The van der Waals surface area contributed by atoms with Crippen LogP contribution in [-0.4, -0.2) is 17.4 Å². The van der Waals surface area contributed by atoms with E-state index in [1.807, 2.05) is 19.1 Å². The van der Waals surface area contributed by atoms with Crippen molar-refractivity contribution in [1.82, 2.24) is 0 Å². The molecule has 0 radical (unpaired) electrons. The second-order valence-electron chi connectivity index (χ2n) is 4.54. The molecular formula is C13H20O3. The van der Waals surface area contributed by atoms with Gasteiger partial charge in [-0.1, -0.05) is 19.1 Å². The van der Waals surface area contributed by atoms with E-state index in [-0.39, 0.29) is 17.7 Å². The quantitative estimate of drug-likeness (QED) is 0.544. The number of carbonyl (C=O) groups excluding carboxylic acids is 2. The third kappa shape index (κ3) is 2.94. The maximum Gasteiger partial charge on any atom is 0.303 e. The molecule has 0 aliphatic heterocycles. The first kappa shape index (κ1) is 12.9. The molecule has 0 N–H and O–H groups in total. The van der Waals surface area contributed by atoms with Crippen LogP contribution < -0.4 is 0 Å². The molecular weight excluding hydrogens is 204 g/mol. The van der Waals surface area contributed by atoms with E-state index in [1.165, 1.54) is 6.92 Å². The molecule has 0 aromatic rings. The van der Waals surface area contributed by atoms with E-state index in [0.717, 1.165) is 6.42 Å². The van der Waals surface area contributed by atoms with E-state index in [2.05, 4.69) is 6.92 Å². The summed E-state index contributed by atoms with van der Waals surface area (Å²) in [7, 11) is 0. The van der Waals surface area contributed by atoms with Gasteiger partial charge in [-0.3, -0.25) is 9.59 Å². The minimum Gasteiger partial charge on any atom is -0.459 e. The molecule has 3 heteroatoms. The lowest BCUT2D eigenvalue weighted by molar-refractivity contribution is -0.159. The van der Waals surface area contributed by atoms with Crippen molar-refractivity contribution in [3.8, 4) is 0 Å². The Kier molecular flexibility index (Phi) is 4.27. The van der Waals surface area contributed by atoms with Crippen molar-refractivity contribution in [2.45, 2.75) is 52.1 Å². The van der Waals surface area contributed by atoms with Crippen LogP contribution in [0.2, 0.25) is 0 Å². The Balaban J connectivity index is 2.72. The lowest BCUT2D eigenvalue weighted by atomic mass is 9.89. The summed E-state index contributed by atoms with van der Waals surface area (Å²) in [4.78, 5) is 22.8. The second-order valence-corrected chi connectivity index (χ2v) is 4.54. The molecule has 1 aliphatic rings. The normalized spacial score (nSPS) is 29.9. The molecule has 0 bridgehead atoms. The van der Waals surface area contributed by atoms with Gasteiger partial charge in [0.25, 0.3) is 0 Å². The van der Waals surface area contributed by atoms with E-state index >= 15 is 0 Å². The molecule has 90 valence electrons. The summed E-state index contributed by atoms with van der Waals surface area (Å²) in [5.41, 5.74) is -0.596. The van der Waals surface area contributed by atoms with Crippen LogP contribution in [0, 0.1) is 5.92 Å². The number of esters is 1.